The molecule has 0 saturated carbocycles. The molecule has 0 aliphatic carbocycles. The number of nitrogens with one attached hydrogen (secondary N) is 1. The molecule has 0 radical (unpaired) electrons. The van der Waals surface area contributed by atoms with Gasteiger partial charge in [-0.1, -0.05) is 24.4 Å². The number of ether oxygens (including phenoxy) is 1. The fourth-order valence-electron chi connectivity index (χ4n) is 2.81. The summed E-state index contributed by atoms with van der Waals surface area (Å²) >= 11 is 11.0. The molecule has 0 saturated heterocycles. The lowest BCUT2D eigenvalue weighted by molar-refractivity contribution is 0.369. The highest BCUT2D eigenvalue weighted by Gasteiger charge is 2.29. The minimum atomic E-state index is 0.246. The van der Waals surface area contributed by atoms with E-state index in [2.05, 4.69) is 16.8 Å². The molecule has 5 heteroatoms. The third-order valence-electron chi connectivity index (χ3n) is 3.96. The quantitative estimate of drug-likeness (QED) is 0.802. The largest absolute Gasteiger partial charge is 0.497 e. The molecule has 1 aromatic carbocycles. The van der Waals surface area contributed by atoms with Crippen molar-refractivity contribution in [3.05, 3.63) is 34.0 Å². The maximum absolute atomic E-state index is 5.67. The molecule has 3 rings (SSSR count). The number of nitrogens with zero attached hydrogens (tertiary/aromatic N) is 1. The number of hydrogen-bond donors (Lipinski definition) is 1. The van der Waals surface area contributed by atoms with Crippen molar-refractivity contribution < 1.29 is 4.74 Å². The van der Waals surface area contributed by atoms with Gasteiger partial charge in [-0.05, 0) is 32.0 Å². The molecule has 0 amide bonds. The number of pyridine rings is 1. The first-order valence-corrected chi connectivity index (χ1v) is 7.34. The molecule has 2 heterocycles. The number of methoxy groups -OCH3 is 1. The summed E-state index contributed by atoms with van der Waals surface area (Å²) in [4.78, 5) is 6.61. The summed E-state index contributed by atoms with van der Waals surface area (Å²) in [7, 11) is 1.67. The Bertz CT molecular complexity index is 766. The standard InChI is InChI=1S/C15H16N2OS2/c1-8-14-12(7-17(8)9(2)19)15(20)11-6-10(18-3)4-5-13(11)16-14/h4-6,8H,7H2,1-3H3,(H,16,20). The van der Waals surface area contributed by atoms with Crippen LogP contribution in [-0.2, 0) is 6.54 Å². The van der Waals surface area contributed by atoms with E-state index >= 15 is 0 Å². The van der Waals surface area contributed by atoms with E-state index in [4.69, 9.17) is 29.2 Å². The average Bonchev–Trinajstić information content (AvgIpc) is 2.77. The second kappa shape index (κ2) is 4.82. The van der Waals surface area contributed by atoms with Crippen LogP contribution in [-0.4, -0.2) is 22.0 Å². The van der Waals surface area contributed by atoms with Crippen LogP contribution >= 0.6 is 24.4 Å². The monoisotopic (exact) mass is 304 g/mol. The number of aromatic nitrogens is 1. The highest BCUT2D eigenvalue weighted by Crippen LogP contribution is 2.36. The fourth-order valence-corrected chi connectivity index (χ4v) is 3.38. The molecule has 1 atom stereocenters. The van der Waals surface area contributed by atoms with Crippen LogP contribution < -0.4 is 4.74 Å². The van der Waals surface area contributed by atoms with E-state index in [0.717, 1.165) is 32.7 Å². The zero-order valence-corrected chi connectivity index (χ0v) is 13.3. The fraction of sp³-hybridized carbons (Fsp3) is 0.333. The minimum absolute atomic E-state index is 0.246. The van der Waals surface area contributed by atoms with E-state index in [1.807, 2.05) is 25.1 Å². The number of fused-ring (bicyclic) bond motifs is 2. The van der Waals surface area contributed by atoms with Crippen molar-refractivity contribution in [1.29, 1.82) is 0 Å². The third-order valence-corrected chi connectivity index (χ3v) is 4.66. The smallest absolute Gasteiger partial charge is 0.119 e. The van der Waals surface area contributed by atoms with Crippen LogP contribution in [0.15, 0.2) is 18.2 Å². The van der Waals surface area contributed by atoms with E-state index in [1.165, 1.54) is 11.3 Å². The second-order valence-electron chi connectivity index (χ2n) is 5.08. The lowest BCUT2D eigenvalue weighted by Crippen LogP contribution is -2.23. The van der Waals surface area contributed by atoms with Crippen LogP contribution in [0, 0.1) is 4.51 Å². The maximum atomic E-state index is 5.67. The molecule has 0 bridgehead atoms. The summed E-state index contributed by atoms with van der Waals surface area (Å²) in [6, 6.07) is 6.20. The Kier molecular flexibility index (Phi) is 3.26. The van der Waals surface area contributed by atoms with Gasteiger partial charge in [0.1, 0.15) is 5.75 Å². The topological polar surface area (TPSA) is 28.3 Å². The lowest BCUT2D eigenvalue weighted by Gasteiger charge is -2.21. The molecule has 3 nitrogen and oxygen atoms in total. The van der Waals surface area contributed by atoms with Crippen molar-refractivity contribution >= 4 is 40.3 Å². The van der Waals surface area contributed by atoms with Crippen molar-refractivity contribution in [1.82, 2.24) is 9.88 Å². The molecule has 0 spiro atoms. The van der Waals surface area contributed by atoms with E-state index in [0.29, 0.717) is 0 Å². The van der Waals surface area contributed by atoms with Gasteiger partial charge in [0.05, 0.1) is 22.7 Å². The van der Waals surface area contributed by atoms with Gasteiger partial charge in [-0.3, -0.25) is 0 Å². The summed E-state index contributed by atoms with van der Waals surface area (Å²) in [5.41, 5.74) is 3.40. The van der Waals surface area contributed by atoms with Crippen LogP contribution in [0.2, 0.25) is 0 Å². The Hall–Kier alpha value is -1.46. The molecule has 20 heavy (non-hydrogen) atoms. The first kappa shape index (κ1) is 13.5. The summed E-state index contributed by atoms with van der Waals surface area (Å²) < 4.78 is 6.19. The maximum Gasteiger partial charge on any atom is 0.119 e. The first-order valence-electron chi connectivity index (χ1n) is 6.53. The van der Waals surface area contributed by atoms with Crippen LogP contribution in [0.1, 0.15) is 31.1 Å². The molecule has 1 unspecified atom stereocenters. The van der Waals surface area contributed by atoms with Gasteiger partial charge in [0.25, 0.3) is 0 Å². The predicted octanol–water partition coefficient (Wildman–Crippen LogP) is 4.13. The number of rotatable bonds is 1. The van der Waals surface area contributed by atoms with Crippen molar-refractivity contribution in [2.45, 2.75) is 26.4 Å². The molecular formula is C15H16N2OS2. The van der Waals surface area contributed by atoms with E-state index in [1.54, 1.807) is 7.11 Å². The van der Waals surface area contributed by atoms with Gasteiger partial charge in [0.15, 0.2) is 0 Å². The number of thiocarbonyl (C=S) groups is 1. The van der Waals surface area contributed by atoms with Crippen LogP contribution in [0.25, 0.3) is 10.9 Å². The number of benzene rings is 1. The Balaban J connectivity index is 2.25. The Morgan fingerprint density at radius 3 is 2.85 bits per heavy atom. The number of H-pyrrole nitrogens is 1. The molecule has 1 aliphatic rings. The molecule has 1 aliphatic heterocycles. The third kappa shape index (κ3) is 1.93. The molecule has 1 aromatic heterocycles. The highest BCUT2D eigenvalue weighted by atomic mass is 32.1. The van der Waals surface area contributed by atoms with Crippen molar-refractivity contribution in [2.75, 3.05) is 7.11 Å². The van der Waals surface area contributed by atoms with Gasteiger partial charge >= 0.3 is 0 Å². The molecular weight excluding hydrogens is 288 g/mol. The van der Waals surface area contributed by atoms with Gasteiger partial charge in [-0.2, -0.15) is 0 Å². The number of hydrogen-bond acceptors (Lipinski definition) is 3. The van der Waals surface area contributed by atoms with Gasteiger partial charge in [0, 0.05) is 28.7 Å². The summed E-state index contributed by atoms with van der Waals surface area (Å²) in [5.74, 6) is 0.825. The molecule has 104 valence electrons. The Morgan fingerprint density at radius 2 is 2.20 bits per heavy atom. The van der Waals surface area contributed by atoms with Crippen LogP contribution in [0.3, 0.4) is 0 Å². The number of aromatic amines is 1. The summed E-state index contributed by atoms with van der Waals surface area (Å²) in [6.07, 6.45) is 0. The zero-order valence-electron chi connectivity index (χ0n) is 11.7. The Labute approximate surface area is 128 Å². The molecule has 1 N–H and O–H groups in total. The van der Waals surface area contributed by atoms with E-state index in [9.17, 15) is 0 Å². The summed E-state index contributed by atoms with van der Waals surface area (Å²) in [6.45, 7) is 4.90. The summed E-state index contributed by atoms with van der Waals surface area (Å²) in [5, 5.41) is 1.04. The van der Waals surface area contributed by atoms with Gasteiger partial charge in [0.2, 0.25) is 0 Å². The molecule has 2 aromatic rings. The van der Waals surface area contributed by atoms with E-state index in [-0.39, 0.29) is 6.04 Å². The van der Waals surface area contributed by atoms with Gasteiger partial charge in [-0.15, -0.1) is 0 Å². The molecule has 0 fully saturated rings. The second-order valence-corrected chi connectivity index (χ2v) is 6.08. The van der Waals surface area contributed by atoms with Gasteiger partial charge < -0.3 is 14.6 Å². The zero-order chi connectivity index (χ0) is 14.4. The average molecular weight is 304 g/mol. The van der Waals surface area contributed by atoms with E-state index < -0.39 is 0 Å². The first-order chi connectivity index (χ1) is 9.52. The predicted molar refractivity (Wildman–Crippen MR) is 87.9 cm³/mol. The highest BCUT2D eigenvalue weighted by molar-refractivity contribution is 7.80. The van der Waals surface area contributed by atoms with Crippen LogP contribution in [0.4, 0.5) is 0 Å². The van der Waals surface area contributed by atoms with Gasteiger partial charge in [-0.25, -0.2) is 0 Å². The van der Waals surface area contributed by atoms with Crippen molar-refractivity contribution in [3.8, 4) is 5.75 Å². The minimum Gasteiger partial charge on any atom is -0.497 e. The normalized spacial score (nSPS) is 17.4. The lowest BCUT2D eigenvalue weighted by atomic mass is 10.1. The van der Waals surface area contributed by atoms with Crippen LogP contribution in [0.5, 0.6) is 5.75 Å². The Morgan fingerprint density at radius 1 is 1.45 bits per heavy atom. The SMILES string of the molecule is COc1ccc2[nH]c3c(c(=S)c2c1)CN(C(C)=S)C3C. The van der Waals surface area contributed by atoms with Crippen molar-refractivity contribution in [2.24, 2.45) is 0 Å². The van der Waals surface area contributed by atoms with Crippen molar-refractivity contribution in [3.63, 3.8) is 0 Å².